The second kappa shape index (κ2) is 5.91. The number of hydrogen-bond acceptors (Lipinski definition) is 3. The number of ketones is 1. The molecule has 4 heteroatoms. The summed E-state index contributed by atoms with van der Waals surface area (Å²) in [5.41, 5.74) is 2.53. The predicted octanol–water partition coefficient (Wildman–Crippen LogP) is 2.67. The van der Waals surface area contributed by atoms with Gasteiger partial charge in [0.1, 0.15) is 5.78 Å². The average Bonchev–Trinajstić information content (AvgIpc) is 2.39. The molecule has 0 aliphatic rings. The zero-order chi connectivity index (χ0) is 13.7. The molecule has 2 aromatic rings. The van der Waals surface area contributed by atoms with Gasteiger partial charge in [0.15, 0.2) is 0 Å². The Balaban J connectivity index is 2.07. The number of pyridine rings is 1. The molecule has 0 aliphatic heterocycles. The highest BCUT2D eigenvalue weighted by Gasteiger charge is 2.05. The molecule has 0 spiro atoms. The molecule has 0 radical (unpaired) electrons. The molecule has 0 unspecified atom stereocenters. The van der Waals surface area contributed by atoms with Crippen molar-refractivity contribution in [2.75, 3.05) is 5.32 Å². The Morgan fingerprint density at radius 2 is 1.84 bits per heavy atom. The number of hydrogen-bond donors (Lipinski definition) is 1. The number of benzene rings is 1. The van der Waals surface area contributed by atoms with Crippen LogP contribution in [-0.2, 0) is 9.59 Å². The van der Waals surface area contributed by atoms with Gasteiger partial charge in [-0.1, -0.05) is 18.2 Å². The number of Topliss-reactive ketones (excluding diaryl/α,β-unsaturated/α-hetero) is 1. The monoisotopic (exact) mass is 254 g/mol. The second-order valence-corrected chi connectivity index (χ2v) is 4.22. The van der Waals surface area contributed by atoms with E-state index in [0.717, 1.165) is 11.3 Å². The first-order valence-corrected chi connectivity index (χ1v) is 5.96. The van der Waals surface area contributed by atoms with Gasteiger partial charge in [0, 0.05) is 17.4 Å². The molecule has 96 valence electrons. The molecule has 1 aromatic heterocycles. The Morgan fingerprint density at radius 1 is 1.11 bits per heavy atom. The first-order chi connectivity index (χ1) is 9.15. The minimum atomic E-state index is -0.293. The Kier molecular flexibility index (Phi) is 4.03. The van der Waals surface area contributed by atoms with E-state index in [4.69, 9.17) is 0 Å². The highest BCUT2D eigenvalue weighted by Crippen LogP contribution is 2.19. The molecule has 19 heavy (non-hydrogen) atoms. The topological polar surface area (TPSA) is 59.1 Å². The minimum Gasteiger partial charge on any atom is -0.326 e. The number of anilines is 1. The standard InChI is InChI=1S/C15H14N2O2/c1-11(18)10-15(19)17-13-7-5-12(6-8-13)14-4-2-3-9-16-14/h2-9H,10H2,1H3,(H,17,19). The van der Waals surface area contributed by atoms with Gasteiger partial charge < -0.3 is 5.32 Å². The zero-order valence-electron chi connectivity index (χ0n) is 10.6. The summed E-state index contributed by atoms with van der Waals surface area (Å²) in [5, 5.41) is 2.67. The van der Waals surface area contributed by atoms with Crippen LogP contribution in [0.1, 0.15) is 13.3 Å². The number of carbonyl (C=O) groups is 2. The third kappa shape index (κ3) is 3.74. The van der Waals surface area contributed by atoms with Crippen LogP contribution in [0.5, 0.6) is 0 Å². The summed E-state index contributed by atoms with van der Waals surface area (Å²) in [4.78, 5) is 26.5. The number of amides is 1. The maximum atomic E-state index is 11.4. The fraction of sp³-hybridized carbons (Fsp3) is 0.133. The molecule has 0 bridgehead atoms. The van der Waals surface area contributed by atoms with Crippen LogP contribution in [0.4, 0.5) is 5.69 Å². The molecule has 1 heterocycles. The van der Waals surface area contributed by atoms with E-state index in [1.165, 1.54) is 6.92 Å². The summed E-state index contributed by atoms with van der Waals surface area (Å²) in [6, 6.07) is 13.1. The van der Waals surface area contributed by atoms with E-state index >= 15 is 0 Å². The van der Waals surface area contributed by atoms with Crippen molar-refractivity contribution in [3.05, 3.63) is 48.7 Å². The lowest BCUT2D eigenvalue weighted by molar-refractivity contribution is -0.124. The summed E-state index contributed by atoms with van der Waals surface area (Å²) < 4.78 is 0. The van der Waals surface area contributed by atoms with Crippen molar-refractivity contribution in [2.24, 2.45) is 0 Å². The van der Waals surface area contributed by atoms with E-state index in [1.54, 1.807) is 18.3 Å². The van der Waals surface area contributed by atoms with Crippen LogP contribution in [0.15, 0.2) is 48.7 Å². The van der Waals surface area contributed by atoms with Crippen molar-refractivity contribution >= 4 is 17.4 Å². The van der Waals surface area contributed by atoms with Gasteiger partial charge in [-0.2, -0.15) is 0 Å². The highest BCUT2D eigenvalue weighted by atomic mass is 16.2. The van der Waals surface area contributed by atoms with Crippen LogP contribution in [0.2, 0.25) is 0 Å². The van der Waals surface area contributed by atoms with Crippen LogP contribution in [0.25, 0.3) is 11.3 Å². The van der Waals surface area contributed by atoms with Crippen molar-refractivity contribution in [1.29, 1.82) is 0 Å². The molecule has 0 saturated carbocycles. The van der Waals surface area contributed by atoms with E-state index < -0.39 is 0 Å². The van der Waals surface area contributed by atoms with Gasteiger partial charge in [-0.3, -0.25) is 14.6 Å². The van der Waals surface area contributed by atoms with Crippen molar-refractivity contribution in [2.45, 2.75) is 13.3 Å². The number of rotatable bonds is 4. The Bertz CT molecular complexity index is 577. The minimum absolute atomic E-state index is 0.0952. The molecular weight excluding hydrogens is 240 g/mol. The van der Waals surface area contributed by atoms with Gasteiger partial charge >= 0.3 is 0 Å². The van der Waals surface area contributed by atoms with E-state index in [0.29, 0.717) is 5.69 Å². The maximum Gasteiger partial charge on any atom is 0.231 e. The van der Waals surface area contributed by atoms with Crippen molar-refractivity contribution < 1.29 is 9.59 Å². The molecule has 1 N–H and O–H groups in total. The van der Waals surface area contributed by atoms with Crippen LogP contribution < -0.4 is 5.32 Å². The lowest BCUT2D eigenvalue weighted by Gasteiger charge is -2.05. The van der Waals surface area contributed by atoms with Gasteiger partial charge in [0.25, 0.3) is 0 Å². The summed E-state index contributed by atoms with van der Waals surface area (Å²) >= 11 is 0. The molecule has 4 nitrogen and oxygen atoms in total. The zero-order valence-corrected chi connectivity index (χ0v) is 10.6. The third-order valence-electron chi connectivity index (χ3n) is 2.54. The summed E-state index contributed by atoms with van der Waals surface area (Å²) in [5.74, 6) is -0.444. The lowest BCUT2D eigenvalue weighted by atomic mass is 10.1. The molecule has 0 atom stereocenters. The number of nitrogens with one attached hydrogen (secondary N) is 1. The van der Waals surface area contributed by atoms with E-state index in [1.807, 2.05) is 30.3 Å². The van der Waals surface area contributed by atoms with E-state index in [2.05, 4.69) is 10.3 Å². The highest BCUT2D eigenvalue weighted by molar-refractivity contribution is 6.03. The molecule has 0 aliphatic carbocycles. The number of nitrogens with zero attached hydrogens (tertiary/aromatic N) is 1. The molecule has 2 rings (SSSR count). The number of aromatic nitrogens is 1. The fourth-order valence-corrected chi connectivity index (χ4v) is 1.69. The van der Waals surface area contributed by atoms with Gasteiger partial charge in [0.2, 0.25) is 5.91 Å². The first-order valence-electron chi connectivity index (χ1n) is 5.96. The average molecular weight is 254 g/mol. The van der Waals surface area contributed by atoms with Gasteiger partial charge in [-0.05, 0) is 31.2 Å². The molecule has 0 fully saturated rings. The third-order valence-corrected chi connectivity index (χ3v) is 2.54. The van der Waals surface area contributed by atoms with Crippen LogP contribution in [-0.4, -0.2) is 16.7 Å². The van der Waals surface area contributed by atoms with E-state index in [9.17, 15) is 9.59 Å². The Labute approximate surface area is 111 Å². The maximum absolute atomic E-state index is 11.4. The van der Waals surface area contributed by atoms with Gasteiger partial charge in [-0.25, -0.2) is 0 Å². The SMILES string of the molecule is CC(=O)CC(=O)Nc1ccc(-c2ccccn2)cc1. The van der Waals surface area contributed by atoms with Crippen molar-refractivity contribution in [1.82, 2.24) is 4.98 Å². The fourth-order valence-electron chi connectivity index (χ4n) is 1.69. The second-order valence-electron chi connectivity index (χ2n) is 4.22. The molecular formula is C15H14N2O2. The van der Waals surface area contributed by atoms with Crippen LogP contribution in [0.3, 0.4) is 0 Å². The quantitative estimate of drug-likeness (QED) is 0.853. The summed E-state index contributed by atoms with van der Waals surface area (Å²) in [6.07, 6.45) is 1.64. The van der Waals surface area contributed by atoms with Crippen molar-refractivity contribution in [3.8, 4) is 11.3 Å². The molecule has 0 saturated heterocycles. The number of carbonyl (C=O) groups excluding carboxylic acids is 2. The van der Waals surface area contributed by atoms with E-state index in [-0.39, 0.29) is 18.1 Å². The van der Waals surface area contributed by atoms with Gasteiger partial charge in [-0.15, -0.1) is 0 Å². The van der Waals surface area contributed by atoms with Crippen LogP contribution in [0, 0.1) is 0 Å². The molecule has 1 aromatic carbocycles. The summed E-state index contributed by atoms with van der Waals surface area (Å²) in [6.45, 7) is 1.39. The Hall–Kier alpha value is -2.49. The summed E-state index contributed by atoms with van der Waals surface area (Å²) in [7, 11) is 0. The van der Waals surface area contributed by atoms with Crippen LogP contribution >= 0.6 is 0 Å². The largest absolute Gasteiger partial charge is 0.326 e. The Morgan fingerprint density at radius 3 is 2.42 bits per heavy atom. The van der Waals surface area contributed by atoms with Gasteiger partial charge in [0.05, 0.1) is 12.1 Å². The molecule has 1 amide bonds. The first kappa shape index (κ1) is 13.0. The smallest absolute Gasteiger partial charge is 0.231 e. The normalized spacial score (nSPS) is 9.95. The van der Waals surface area contributed by atoms with Crippen molar-refractivity contribution in [3.63, 3.8) is 0 Å². The lowest BCUT2D eigenvalue weighted by Crippen LogP contribution is -2.14. The predicted molar refractivity (Wildman–Crippen MR) is 73.6 cm³/mol.